The van der Waals surface area contributed by atoms with Gasteiger partial charge in [-0.1, -0.05) is 28.1 Å². The van der Waals surface area contributed by atoms with Gasteiger partial charge in [0, 0.05) is 17.2 Å². The molecule has 124 valence electrons. The van der Waals surface area contributed by atoms with Gasteiger partial charge in [0.1, 0.15) is 0 Å². The molecule has 2 aromatic rings. The smallest absolute Gasteiger partial charge is 0.313 e. The van der Waals surface area contributed by atoms with Crippen molar-refractivity contribution >= 4 is 33.4 Å². The molecule has 1 aliphatic heterocycles. The summed E-state index contributed by atoms with van der Waals surface area (Å²) in [6.07, 6.45) is 4.95. The molecule has 1 fully saturated rings. The Hall–Kier alpha value is -2.21. The second-order valence-corrected chi connectivity index (χ2v) is 6.77. The number of anilines is 1. The van der Waals surface area contributed by atoms with E-state index < -0.39 is 11.8 Å². The maximum absolute atomic E-state index is 12.6. The van der Waals surface area contributed by atoms with Crippen LogP contribution in [0.5, 0.6) is 0 Å². The molecule has 1 aromatic heterocycles. The predicted octanol–water partition coefficient (Wildman–Crippen LogP) is 3.45. The van der Waals surface area contributed by atoms with Crippen molar-refractivity contribution in [1.82, 2.24) is 9.88 Å². The fraction of sp³-hybridized carbons (Fsp3) is 0.278. The van der Waals surface area contributed by atoms with Crippen molar-refractivity contribution in [3.05, 3.63) is 58.3 Å². The second kappa shape index (κ2) is 7.13. The Bertz CT molecular complexity index is 778. The SMILES string of the molecule is Cc1ccncc1NC(=O)C(=O)N1CCCC1c1cccc(Br)c1. The van der Waals surface area contributed by atoms with E-state index in [0.29, 0.717) is 12.2 Å². The van der Waals surface area contributed by atoms with Crippen LogP contribution in [0.1, 0.15) is 30.0 Å². The molecule has 0 radical (unpaired) electrons. The molecule has 1 aromatic carbocycles. The van der Waals surface area contributed by atoms with Crippen LogP contribution in [0, 0.1) is 6.92 Å². The quantitative estimate of drug-likeness (QED) is 0.802. The topological polar surface area (TPSA) is 62.3 Å². The fourth-order valence-electron chi connectivity index (χ4n) is 2.97. The van der Waals surface area contributed by atoms with Crippen molar-refractivity contribution in [2.75, 3.05) is 11.9 Å². The van der Waals surface area contributed by atoms with Gasteiger partial charge >= 0.3 is 11.8 Å². The molecule has 6 heteroatoms. The molecule has 2 heterocycles. The zero-order valence-corrected chi connectivity index (χ0v) is 14.9. The second-order valence-electron chi connectivity index (χ2n) is 5.86. The molecule has 2 amide bonds. The minimum atomic E-state index is -0.618. The van der Waals surface area contributed by atoms with E-state index >= 15 is 0 Å². The van der Waals surface area contributed by atoms with Gasteiger partial charge < -0.3 is 10.2 Å². The summed E-state index contributed by atoms with van der Waals surface area (Å²) < 4.78 is 0.967. The van der Waals surface area contributed by atoms with Crippen LogP contribution >= 0.6 is 15.9 Å². The first-order valence-corrected chi connectivity index (χ1v) is 8.63. The van der Waals surface area contributed by atoms with Crippen LogP contribution in [0.2, 0.25) is 0 Å². The number of amides is 2. The third-order valence-corrected chi connectivity index (χ3v) is 4.72. The third kappa shape index (κ3) is 3.48. The summed E-state index contributed by atoms with van der Waals surface area (Å²) in [6.45, 7) is 2.46. The van der Waals surface area contributed by atoms with Crippen LogP contribution in [0.15, 0.2) is 47.2 Å². The van der Waals surface area contributed by atoms with Crippen LogP contribution in [0.3, 0.4) is 0 Å². The summed E-state index contributed by atoms with van der Waals surface area (Å²) in [6, 6.07) is 9.61. The minimum absolute atomic E-state index is 0.0595. The van der Waals surface area contributed by atoms with Crippen molar-refractivity contribution in [2.24, 2.45) is 0 Å². The largest absolute Gasteiger partial charge is 0.327 e. The number of carbonyl (C=O) groups excluding carboxylic acids is 2. The first-order valence-electron chi connectivity index (χ1n) is 7.84. The lowest BCUT2D eigenvalue weighted by atomic mass is 10.0. The summed E-state index contributed by atoms with van der Waals surface area (Å²) in [4.78, 5) is 30.6. The van der Waals surface area contributed by atoms with E-state index in [1.807, 2.05) is 31.2 Å². The number of rotatable bonds is 2. The minimum Gasteiger partial charge on any atom is -0.327 e. The summed E-state index contributed by atoms with van der Waals surface area (Å²) in [5.41, 5.74) is 2.48. The van der Waals surface area contributed by atoms with Crippen LogP contribution in [-0.2, 0) is 9.59 Å². The zero-order chi connectivity index (χ0) is 17.1. The van der Waals surface area contributed by atoms with Gasteiger partial charge in [0.25, 0.3) is 0 Å². The Kier molecular flexibility index (Phi) is 4.94. The number of benzene rings is 1. The Morgan fingerprint density at radius 1 is 1.33 bits per heavy atom. The molecule has 0 aliphatic carbocycles. The number of carbonyl (C=O) groups is 2. The average molecular weight is 388 g/mol. The highest BCUT2D eigenvalue weighted by molar-refractivity contribution is 9.10. The van der Waals surface area contributed by atoms with Crippen molar-refractivity contribution in [3.63, 3.8) is 0 Å². The number of pyridine rings is 1. The summed E-state index contributed by atoms with van der Waals surface area (Å²) in [5, 5.41) is 2.67. The van der Waals surface area contributed by atoms with E-state index in [2.05, 4.69) is 26.2 Å². The standard InChI is InChI=1S/C18H18BrN3O2/c1-12-7-8-20-11-15(12)21-17(23)18(24)22-9-3-6-16(22)13-4-2-5-14(19)10-13/h2,4-5,7-8,10-11,16H,3,6,9H2,1H3,(H,21,23). The maximum Gasteiger partial charge on any atom is 0.313 e. The van der Waals surface area contributed by atoms with E-state index in [-0.39, 0.29) is 6.04 Å². The molecule has 1 aliphatic rings. The Morgan fingerprint density at radius 2 is 2.17 bits per heavy atom. The maximum atomic E-state index is 12.6. The van der Waals surface area contributed by atoms with Gasteiger partial charge in [-0.25, -0.2) is 0 Å². The van der Waals surface area contributed by atoms with E-state index in [9.17, 15) is 9.59 Å². The summed E-state index contributed by atoms with van der Waals surface area (Å²) in [7, 11) is 0. The predicted molar refractivity (Wildman–Crippen MR) is 95.4 cm³/mol. The van der Waals surface area contributed by atoms with Gasteiger partial charge in [-0.3, -0.25) is 14.6 Å². The molecule has 24 heavy (non-hydrogen) atoms. The lowest BCUT2D eigenvalue weighted by Crippen LogP contribution is -2.39. The van der Waals surface area contributed by atoms with Crippen LogP contribution in [0.25, 0.3) is 0 Å². The highest BCUT2D eigenvalue weighted by Gasteiger charge is 2.33. The number of nitrogens with one attached hydrogen (secondary N) is 1. The van der Waals surface area contributed by atoms with Gasteiger partial charge in [0.2, 0.25) is 0 Å². The highest BCUT2D eigenvalue weighted by Crippen LogP contribution is 2.33. The number of aryl methyl sites for hydroxylation is 1. The number of hydrogen-bond acceptors (Lipinski definition) is 3. The van der Waals surface area contributed by atoms with Gasteiger partial charge in [0.15, 0.2) is 0 Å². The molecule has 0 saturated carbocycles. The molecule has 3 rings (SSSR count). The monoisotopic (exact) mass is 387 g/mol. The normalized spacial score (nSPS) is 16.9. The number of hydrogen-bond donors (Lipinski definition) is 1. The number of likely N-dealkylation sites (tertiary alicyclic amines) is 1. The van der Waals surface area contributed by atoms with E-state index in [0.717, 1.165) is 28.4 Å². The third-order valence-electron chi connectivity index (χ3n) is 4.23. The molecular weight excluding hydrogens is 370 g/mol. The van der Waals surface area contributed by atoms with Crippen molar-refractivity contribution in [1.29, 1.82) is 0 Å². The molecular formula is C18H18BrN3O2. The molecule has 1 saturated heterocycles. The average Bonchev–Trinajstić information content (AvgIpc) is 3.06. The Morgan fingerprint density at radius 3 is 2.92 bits per heavy atom. The molecule has 1 unspecified atom stereocenters. The van der Waals surface area contributed by atoms with Crippen molar-refractivity contribution < 1.29 is 9.59 Å². The van der Waals surface area contributed by atoms with Crippen molar-refractivity contribution in [2.45, 2.75) is 25.8 Å². The first-order chi connectivity index (χ1) is 11.6. The zero-order valence-electron chi connectivity index (χ0n) is 13.3. The van der Waals surface area contributed by atoms with E-state index in [1.165, 1.54) is 0 Å². The van der Waals surface area contributed by atoms with E-state index in [1.54, 1.807) is 23.4 Å². The highest BCUT2D eigenvalue weighted by atomic mass is 79.9. The molecule has 0 spiro atoms. The summed E-state index contributed by atoms with van der Waals surface area (Å²) >= 11 is 3.46. The summed E-state index contributed by atoms with van der Waals surface area (Å²) in [5.74, 6) is -1.12. The number of aromatic nitrogens is 1. The van der Waals surface area contributed by atoms with Gasteiger partial charge in [0.05, 0.1) is 17.9 Å². The lowest BCUT2D eigenvalue weighted by Gasteiger charge is -2.24. The Labute approximate surface area is 149 Å². The number of halogens is 1. The van der Waals surface area contributed by atoms with Gasteiger partial charge in [-0.15, -0.1) is 0 Å². The van der Waals surface area contributed by atoms with Crippen LogP contribution in [-0.4, -0.2) is 28.2 Å². The van der Waals surface area contributed by atoms with Crippen LogP contribution < -0.4 is 5.32 Å². The van der Waals surface area contributed by atoms with Crippen LogP contribution in [0.4, 0.5) is 5.69 Å². The molecule has 0 bridgehead atoms. The van der Waals surface area contributed by atoms with Gasteiger partial charge in [-0.2, -0.15) is 0 Å². The Balaban J connectivity index is 1.76. The number of nitrogens with zero attached hydrogens (tertiary/aromatic N) is 2. The molecule has 5 nitrogen and oxygen atoms in total. The fourth-order valence-corrected chi connectivity index (χ4v) is 3.39. The molecule has 1 atom stereocenters. The van der Waals surface area contributed by atoms with Crippen molar-refractivity contribution in [3.8, 4) is 0 Å². The first kappa shape index (κ1) is 16.6. The van der Waals surface area contributed by atoms with E-state index in [4.69, 9.17) is 0 Å². The lowest BCUT2D eigenvalue weighted by molar-refractivity contribution is -0.143. The molecule has 1 N–H and O–H groups in total. The van der Waals surface area contributed by atoms with Gasteiger partial charge in [-0.05, 0) is 49.1 Å².